The van der Waals surface area contributed by atoms with Crippen LogP contribution in [0.3, 0.4) is 0 Å². The van der Waals surface area contributed by atoms with E-state index < -0.39 is 11.8 Å². The summed E-state index contributed by atoms with van der Waals surface area (Å²) >= 11 is 0. The van der Waals surface area contributed by atoms with Crippen LogP contribution in [0.1, 0.15) is 21.5 Å². The standard InChI is InChI=1S/C22H16FN3O2/c23-17-11-9-15(10-12-17)13-21(27)25-26-22(28)20-8-4-3-7-19(20)18-6-2-1-5-16(18)14-24/h1-12H,13H2,(H,25,27)(H,26,28). The van der Waals surface area contributed by atoms with Crippen LogP contribution in [0.4, 0.5) is 4.39 Å². The van der Waals surface area contributed by atoms with Gasteiger partial charge in [-0.2, -0.15) is 5.26 Å². The number of hydrazine groups is 1. The van der Waals surface area contributed by atoms with Crippen molar-refractivity contribution in [3.63, 3.8) is 0 Å². The van der Waals surface area contributed by atoms with Gasteiger partial charge in [0.1, 0.15) is 5.82 Å². The minimum atomic E-state index is -0.504. The molecule has 0 aliphatic carbocycles. The predicted molar refractivity (Wildman–Crippen MR) is 102 cm³/mol. The molecule has 0 aliphatic heterocycles. The smallest absolute Gasteiger partial charge is 0.270 e. The summed E-state index contributed by atoms with van der Waals surface area (Å²) in [4.78, 5) is 24.6. The summed E-state index contributed by atoms with van der Waals surface area (Å²) in [6, 6.07) is 21.5. The summed E-state index contributed by atoms with van der Waals surface area (Å²) in [5.41, 5.74) is 7.35. The fraction of sp³-hybridized carbons (Fsp3) is 0.0455. The molecular formula is C22H16FN3O2. The van der Waals surface area contributed by atoms with Gasteiger partial charge in [0, 0.05) is 11.1 Å². The molecule has 2 N–H and O–H groups in total. The zero-order chi connectivity index (χ0) is 19.9. The van der Waals surface area contributed by atoms with E-state index in [9.17, 15) is 19.2 Å². The lowest BCUT2D eigenvalue weighted by Gasteiger charge is -2.12. The maximum absolute atomic E-state index is 12.9. The van der Waals surface area contributed by atoms with Crippen LogP contribution >= 0.6 is 0 Å². The van der Waals surface area contributed by atoms with Crippen molar-refractivity contribution in [3.05, 3.63) is 95.3 Å². The van der Waals surface area contributed by atoms with E-state index in [-0.39, 0.29) is 12.2 Å². The predicted octanol–water partition coefficient (Wildman–Crippen LogP) is 3.37. The number of amides is 2. The van der Waals surface area contributed by atoms with Crippen LogP contribution in [0.15, 0.2) is 72.8 Å². The van der Waals surface area contributed by atoms with Crippen molar-refractivity contribution in [2.75, 3.05) is 0 Å². The number of rotatable bonds is 4. The Kier molecular flexibility index (Phi) is 5.78. The molecule has 6 heteroatoms. The second kappa shape index (κ2) is 8.60. The van der Waals surface area contributed by atoms with Crippen molar-refractivity contribution in [1.29, 1.82) is 5.26 Å². The van der Waals surface area contributed by atoms with Crippen LogP contribution in [0, 0.1) is 17.1 Å². The lowest BCUT2D eigenvalue weighted by molar-refractivity contribution is -0.121. The molecule has 0 spiro atoms. The Hall–Kier alpha value is -3.98. The van der Waals surface area contributed by atoms with Crippen molar-refractivity contribution in [2.24, 2.45) is 0 Å². The van der Waals surface area contributed by atoms with Gasteiger partial charge in [-0.05, 0) is 35.4 Å². The first-order chi connectivity index (χ1) is 13.6. The Morgan fingerprint density at radius 2 is 1.50 bits per heavy atom. The van der Waals surface area contributed by atoms with Gasteiger partial charge in [-0.1, -0.05) is 48.5 Å². The third kappa shape index (κ3) is 4.40. The number of nitrogens with one attached hydrogen (secondary N) is 2. The first kappa shape index (κ1) is 18.8. The van der Waals surface area contributed by atoms with Gasteiger partial charge in [0.2, 0.25) is 5.91 Å². The first-order valence-electron chi connectivity index (χ1n) is 8.50. The maximum Gasteiger partial charge on any atom is 0.270 e. The molecule has 0 aromatic heterocycles. The molecule has 3 rings (SSSR count). The second-order valence-electron chi connectivity index (χ2n) is 6.01. The van der Waals surface area contributed by atoms with Crippen molar-refractivity contribution < 1.29 is 14.0 Å². The highest BCUT2D eigenvalue weighted by molar-refractivity contribution is 6.02. The lowest BCUT2D eigenvalue weighted by atomic mass is 9.95. The fourth-order valence-electron chi connectivity index (χ4n) is 2.76. The molecule has 0 atom stereocenters. The van der Waals surface area contributed by atoms with Crippen LogP contribution < -0.4 is 10.9 Å². The molecule has 3 aromatic rings. The van der Waals surface area contributed by atoms with E-state index >= 15 is 0 Å². The average Bonchev–Trinajstić information content (AvgIpc) is 2.73. The van der Waals surface area contributed by atoms with Crippen molar-refractivity contribution in [2.45, 2.75) is 6.42 Å². The minimum absolute atomic E-state index is 0.000523. The number of hydrogen-bond donors (Lipinski definition) is 2. The molecule has 0 fully saturated rings. The normalized spacial score (nSPS) is 10.0. The molecule has 0 heterocycles. The summed E-state index contributed by atoms with van der Waals surface area (Å²) in [7, 11) is 0. The highest BCUT2D eigenvalue weighted by Gasteiger charge is 2.15. The van der Waals surface area contributed by atoms with E-state index in [1.165, 1.54) is 24.3 Å². The van der Waals surface area contributed by atoms with Crippen molar-refractivity contribution in [3.8, 4) is 17.2 Å². The zero-order valence-electron chi connectivity index (χ0n) is 14.8. The third-order valence-electron chi connectivity index (χ3n) is 4.10. The number of halogens is 1. The lowest BCUT2D eigenvalue weighted by Crippen LogP contribution is -2.42. The maximum atomic E-state index is 12.9. The number of carbonyl (C=O) groups is 2. The molecule has 28 heavy (non-hydrogen) atoms. The SMILES string of the molecule is N#Cc1ccccc1-c1ccccc1C(=O)NNC(=O)Cc1ccc(F)cc1. The number of carbonyl (C=O) groups excluding carboxylic acids is 2. The molecular weight excluding hydrogens is 357 g/mol. The van der Waals surface area contributed by atoms with Gasteiger partial charge in [-0.3, -0.25) is 20.4 Å². The van der Waals surface area contributed by atoms with E-state index in [0.29, 0.717) is 27.8 Å². The molecule has 0 saturated carbocycles. The van der Waals surface area contributed by atoms with Crippen LogP contribution in [0.25, 0.3) is 11.1 Å². The molecule has 0 aliphatic rings. The van der Waals surface area contributed by atoms with Gasteiger partial charge in [-0.25, -0.2) is 4.39 Å². The van der Waals surface area contributed by atoms with Crippen LogP contribution in [0.5, 0.6) is 0 Å². The van der Waals surface area contributed by atoms with Crippen LogP contribution in [-0.2, 0) is 11.2 Å². The molecule has 2 amide bonds. The quantitative estimate of drug-likeness (QED) is 0.688. The molecule has 0 saturated heterocycles. The number of benzene rings is 3. The fourth-order valence-corrected chi connectivity index (χ4v) is 2.76. The molecule has 5 nitrogen and oxygen atoms in total. The average molecular weight is 373 g/mol. The molecule has 0 bridgehead atoms. The Balaban J connectivity index is 1.72. The topological polar surface area (TPSA) is 82.0 Å². The third-order valence-corrected chi connectivity index (χ3v) is 4.10. The van der Waals surface area contributed by atoms with Gasteiger partial charge in [-0.15, -0.1) is 0 Å². The van der Waals surface area contributed by atoms with Crippen molar-refractivity contribution in [1.82, 2.24) is 10.9 Å². The zero-order valence-corrected chi connectivity index (χ0v) is 14.8. The number of nitrogens with zero attached hydrogens (tertiary/aromatic N) is 1. The number of nitriles is 1. The van der Waals surface area contributed by atoms with Crippen LogP contribution in [0.2, 0.25) is 0 Å². The summed E-state index contributed by atoms with van der Waals surface area (Å²) in [6.07, 6.45) is -0.000523. The van der Waals surface area contributed by atoms with Gasteiger partial charge in [0.25, 0.3) is 5.91 Å². The van der Waals surface area contributed by atoms with E-state index in [0.717, 1.165) is 0 Å². The molecule has 138 valence electrons. The van der Waals surface area contributed by atoms with E-state index in [1.54, 1.807) is 48.5 Å². The van der Waals surface area contributed by atoms with Gasteiger partial charge in [0.05, 0.1) is 18.1 Å². The highest BCUT2D eigenvalue weighted by atomic mass is 19.1. The Bertz CT molecular complexity index is 1060. The van der Waals surface area contributed by atoms with Crippen LogP contribution in [-0.4, -0.2) is 11.8 Å². The van der Waals surface area contributed by atoms with Crippen molar-refractivity contribution >= 4 is 11.8 Å². The minimum Gasteiger partial charge on any atom is -0.273 e. The second-order valence-corrected chi connectivity index (χ2v) is 6.01. The Morgan fingerprint density at radius 3 is 2.21 bits per heavy atom. The largest absolute Gasteiger partial charge is 0.273 e. The van der Waals surface area contributed by atoms with E-state index in [2.05, 4.69) is 16.9 Å². The van der Waals surface area contributed by atoms with Gasteiger partial charge < -0.3 is 0 Å². The van der Waals surface area contributed by atoms with E-state index in [1.807, 2.05) is 0 Å². The number of hydrogen-bond acceptors (Lipinski definition) is 3. The van der Waals surface area contributed by atoms with E-state index in [4.69, 9.17) is 0 Å². The van der Waals surface area contributed by atoms with Gasteiger partial charge in [0.15, 0.2) is 0 Å². The molecule has 0 unspecified atom stereocenters. The summed E-state index contributed by atoms with van der Waals surface area (Å²) in [5, 5.41) is 9.31. The Morgan fingerprint density at radius 1 is 0.857 bits per heavy atom. The molecule has 0 radical (unpaired) electrons. The Labute approximate surface area is 161 Å². The first-order valence-corrected chi connectivity index (χ1v) is 8.50. The molecule has 3 aromatic carbocycles. The summed E-state index contributed by atoms with van der Waals surface area (Å²) in [6.45, 7) is 0. The highest BCUT2D eigenvalue weighted by Crippen LogP contribution is 2.26. The van der Waals surface area contributed by atoms with Gasteiger partial charge >= 0.3 is 0 Å². The summed E-state index contributed by atoms with van der Waals surface area (Å²) in [5.74, 6) is -1.32. The summed E-state index contributed by atoms with van der Waals surface area (Å²) < 4.78 is 12.9. The monoisotopic (exact) mass is 373 g/mol.